The van der Waals surface area contributed by atoms with Gasteiger partial charge in [0.2, 0.25) is 5.91 Å². The molecule has 5 rings (SSSR count). The van der Waals surface area contributed by atoms with Crippen molar-refractivity contribution in [1.29, 1.82) is 0 Å². The zero-order valence-electron chi connectivity index (χ0n) is 18.8. The van der Waals surface area contributed by atoms with Gasteiger partial charge in [0.25, 0.3) is 0 Å². The number of hydrogen-bond acceptors (Lipinski definition) is 6. The van der Waals surface area contributed by atoms with Gasteiger partial charge < -0.3 is 24.5 Å². The highest BCUT2D eigenvalue weighted by molar-refractivity contribution is 5.85. The third-order valence-corrected chi connectivity index (χ3v) is 7.44. The van der Waals surface area contributed by atoms with E-state index in [2.05, 4.69) is 10.6 Å². The van der Waals surface area contributed by atoms with Crippen LogP contribution in [-0.2, 0) is 16.0 Å². The van der Waals surface area contributed by atoms with Crippen molar-refractivity contribution >= 4 is 16.9 Å². The lowest BCUT2D eigenvalue weighted by atomic mass is 9.77. The van der Waals surface area contributed by atoms with Crippen LogP contribution in [0.5, 0.6) is 5.75 Å². The maximum absolute atomic E-state index is 13.0. The maximum atomic E-state index is 13.0. The monoisotopic (exact) mass is 440 g/mol. The van der Waals surface area contributed by atoms with Crippen molar-refractivity contribution in [3.8, 4) is 5.75 Å². The van der Waals surface area contributed by atoms with Gasteiger partial charge in [0.15, 0.2) is 0 Å². The summed E-state index contributed by atoms with van der Waals surface area (Å²) in [5.74, 6) is 2.36. The number of carbonyl (C=O) groups is 1. The molecular weight excluding hydrogens is 408 g/mol. The minimum Gasteiger partial charge on any atom is -0.497 e. The van der Waals surface area contributed by atoms with Crippen LogP contribution in [0.4, 0.5) is 0 Å². The Hall–Kier alpha value is -2.38. The van der Waals surface area contributed by atoms with E-state index in [0.29, 0.717) is 34.6 Å². The summed E-state index contributed by atoms with van der Waals surface area (Å²) in [7, 11) is 1.57. The second kappa shape index (κ2) is 8.87. The molecule has 2 N–H and O–H groups in total. The van der Waals surface area contributed by atoms with Gasteiger partial charge in [-0.05, 0) is 81.1 Å². The van der Waals surface area contributed by atoms with Gasteiger partial charge >= 0.3 is 5.63 Å². The number of amides is 1. The fourth-order valence-electron chi connectivity index (χ4n) is 5.28. The van der Waals surface area contributed by atoms with Crippen molar-refractivity contribution in [1.82, 2.24) is 10.6 Å². The summed E-state index contributed by atoms with van der Waals surface area (Å²) in [5.41, 5.74) is 1.19. The lowest BCUT2D eigenvalue weighted by Gasteiger charge is -2.38. The number of ether oxygens (including phenoxy) is 2. The van der Waals surface area contributed by atoms with E-state index >= 15 is 0 Å². The van der Waals surface area contributed by atoms with Crippen LogP contribution in [0.1, 0.15) is 36.8 Å². The minimum absolute atomic E-state index is 0.00826. The SMILES string of the molecule is COc1ccc2c(C)c(CC(=O)N[C@H]3C[C@H]4CNC[C@H]4C[C@@H]3OCC3CC3)c(=O)oc2c1. The summed E-state index contributed by atoms with van der Waals surface area (Å²) in [6.45, 7) is 4.70. The molecule has 7 nitrogen and oxygen atoms in total. The number of carbonyl (C=O) groups excluding carboxylic acids is 1. The molecule has 0 bridgehead atoms. The molecule has 1 amide bonds. The number of hydrogen-bond donors (Lipinski definition) is 2. The fourth-order valence-corrected chi connectivity index (χ4v) is 5.28. The average Bonchev–Trinajstić information content (AvgIpc) is 3.50. The first-order valence-corrected chi connectivity index (χ1v) is 11.7. The largest absolute Gasteiger partial charge is 0.497 e. The Kier molecular flexibility index (Phi) is 5.95. The van der Waals surface area contributed by atoms with Crippen molar-refractivity contribution in [2.45, 2.75) is 51.2 Å². The third kappa shape index (κ3) is 4.41. The normalized spacial score (nSPS) is 27.3. The van der Waals surface area contributed by atoms with Crippen molar-refractivity contribution in [2.75, 3.05) is 26.8 Å². The summed E-state index contributed by atoms with van der Waals surface area (Å²) in [6, 6.07) is 5.38. The Morgan fingerprint density at radius 3 is 2.75 bits per heavy atom. The highest BCUT2D eigenvalue weighted by Crippen LogP contribution is 2.36. The van der Waals surface area contributed by atoms with Crippen LogP contribution in [0.3, 0.4) is 0 Å². The molecule has 1 aromatic carbocycles. The Bertz CT molecular complexity index is 1060. The van der Waals surface area contributed by atoms with Crippen LogP contribution in [0, 0.1) is 24.7 Å². The maximum Gasteiger partial charge on any atom is 0.340 e. The predicted octanol–water partition coefficient (Wildman–Crippen LogP) is 2.56. The van der Waals surface area contributed by atoms with Crippen molar-refractivity contribution < 1.29 is 18.7 Å². The molecule has 7 heteroatoms. The zero-order valence-corrected chi connectivity index (χ0v) is 18.8. The summed E-state index contributed by atoms with van der Waals surface area (Å²) in [4.78, 5) is 25.7. The summed E-state index contributed by atoms with van der Waals surface area (Å²) >= 11 is 0. The van der Waals surface area contributed by atoms with Gasteiger partial charge in [-0.1, -0.05) is 0 Å². The highest BCUT2D eigenvalue weighted by atomic mass is 16.5. The number of rotatable bonds is 7. The van der Waals surface area contributed by atoms with E-state index in [0.717, 1.165) is 43.5 Å². The van der Waals surface area contributed by atoms with Crippen LogP contribution < -0.4 is 21.0 Å². The van der Waals surface area contributed by atoms with E-state index in [-0.39, 0.29) is 24.5 Å². The van der Waals surface area contributed by atoms with E-state index in [1.165, 1.54) is 12.8 Å². The lowest BCUT2D eigenvalue weighted by Crippen LogP contribution is -2.51. The van der Waals surface area contributed by atoms with E-state index in [9.17, 15) is 9.59 Å². The number of methoxy groups -OCH3 is 1. The second-order valence-corrected chi connectivity index (χ2v) is 9.67. The molecular formula is C25H32N2O5. The van der Waals surface area contributed by atoms with Crippen LogP contribution in [0.15, 0.2) is 27.4 Å². The lowest BCUT2D eigenvalue weighted by molar-refractivity contribution is -0.123. The van der Waals surface area contributed by atoms with Crippen LogP contribution >= 0.6 is 0 Å². The minimum atomic E-state index is -0.469. The summed E-state index contributed by atoms with van der Waals surface area (Å²) in [5, 5.41) is 7.50. The van der Waals surface area contributed by atoms with Gasteiger partial charge in [0.05, 0.1) is 31.2 Å². The molecule has 0 unspecified atom stereocenters. The Morgan fingerprint density at radius 2 is 2.00 bits per heavy atom. The Labute approximate surface area is 187 Å². The number of benzene rings is 1. The van der Waals surface area contributed by atoms with E-state index in [4.69, 9.17) is 13.9 Å². The molecule has 3 fully saturated rings. The average molecular weight is 441 g/mol. The zero-order chi connectivity index (χ0) is 22.2. The quantitative estimate of drug-likeness (QED) is 0.644. The van der Waals surface area contributed by atoms with Crippen molar-refractivity contribution in [2.24, 2.45) is 17.8 Å². The van der Waals surface area contributed by atoms with Crippen molar-refractivity contribution in [3.63, 3.8) is 0 Å². The van der Waals surface area contributed by atoms with Gasteiger partial charge in [-0.2, -0.15) is 0 Å². The van der Waals surface area contributed by atoms with Gasteiger partial charge in [-0.25, -0.2) is 4.79 Å². The third-order valence-electron chi connectivity index (χ3n) is 7.44. The Balaban J connectivity index is 1.31. The van der Waals surface area contributed by atoms with Crippen LogP contribution in [-0.4, -0.2) is 44.9 Å². The topological polar surface area (TPSA) is 89.8 Å². The molecule has 172 valence electrons. The highest BCUT2D eigenvalue weighted by Gasteiger charge is 2.41. The molecule has 2 aromatic rings. The smallest absolute Gasteiger partial charge is 0.340 e. The van der Waals surface area contributed by atoms with Crippen molar-refractivity contribution in [3.05, 3.63) is 39.7 Å². The van der Waals surface area contributed by atoms with E-state index < -0.39 is 5.63 Å². The fraction of sp³-hybridized carbons (Fsp3) is 0.600. The number of aryl methyl sites for hydroxylation is 1. The molecule has 2 aliphatic carbocycles. The molecule has 32 heavy (non-hydrogen) atoms. The molecule has 2 heterocycles. The standard InChI is InChI=1S/C25H32N2O5/c1-14-19-6-5-18(30-2)9-22(19)32-25(29)20(14)10-24(28)27-21-7-16-11-26-12-17(16)8-23(21)31-13-15-3-4-15/h5-6,9,15-17,21,23,26H,3-4,7-8,10-13H2,1-2H3,(H,27,28)/t16-,17+,21-,23-/m0/s1. The number of fused-ring (bicyclic) bond motifs is 2. The van der Waals surface area contributed by atoms with E-state index in [1.54, 1.807) is 13.2 Å². The number of nitrogens with one attached hydrogen (secondary N) is 2. The van der Waals surface area contributed by atoms with Gasteiger partial charge in [-0.15, -0.1) is 0 Å². The van der Waals surface area contributed by atoms with Crippen LogP contribution in [0.25, 0.3) is 11.0 Å². The molecule has 0 spiro atoms. The van der Waals surface area contributed by atoms with Gasteiger partial charge in [0, 0.05) is 18.1 Å². The summed E-state index contributed by atoms with van der Waals surface area (Å²) in [6.07, 6.45) is 4.45. The summed E-state index contributed by atoms with van der Waals surface area (Å²) < 4.78 is 17.0. The molecule has 2 saturated carbocycles. The van der Waals surface area contributed by atoms with Crippen LogP contribution in [0.2, 0.25) is 0 Å². The molecule has 3 aliphatic rings. The second-order valence-electron chi connectivity index (χ2n) is 9.67. The predicted molar refractivity (Wildman–Crippen MR) is 121 cm³/mol. The molecule has 1 saturated heterocycles. The first kappa shape index (κ1) is 21.5. The van der Waals surface area contributed by atoms with E-state index in [1.807, 2.05) is 19.1 Å². The van der Waals surface area contributed by atoms with Gasteiger partial charge in [0.1, 0.15) is 11.3 Å². The molecule has 1 aliphatic heterocycles. The first-order chi connectivity index (χ1) is 15.5. The molecule has 4 atom stereocenters. The molecule has 1 aromatic heterocycles. The van der Waals surface area contributed by atoms with Gasteiger partial charge in [-0.3, -0.25) is 4.79 Å². The Morgan fingerprint density at radius 1 is 1.22 bits per heavy atom. The molecule has 0 radical (unpaired) electrons. The first-order valence-electron chi connectivity index (χ1n) is 11.7.